The number of nitrogens with zero attached hydrogens (tertiary/aromatic N) is 1. The Morgan fingerprint density at radius 2 is 1.89 bits per heavy atom. The van der Waals surface area contributed by atoms with Crippen LogP contribution in [0.2, 0.25) is 0 Å². The highest BCUT2D eigenvalue weighted by Gasteiger charge is 2.41. The van der Waals surface area contributed by atoms with Crippen molar-refractivity contribution in [3.8, 4) is 0 Å². The Balaban J connectivity index is 0.00000180. The van der Waals surface area contributed by atoms with Gasteiger partial charge in [-0.25, -0.2) is 0 Å². The molecular formula is C14H22IN3S. The van der Waals surface area contributed by atoms with Gasteiger partial charge in [-0.05, 0) is 56.2 Å². The van der Waals surface area contributed by atoms with Gasteiger partial charge in [-0.3, -0.25) is 4.99 Å². The number of nitrogens with two attached hydrogens (primary N) is 1. The first-order chi connectivity index (χ1) is 8.53. The minimum Gasteiger partial charge on any atom is -0.370 e. The summed E-state index contributed by atoms with van der Waals surface area (Å²) in [6.45, 7) is 4.98. The fourth-order valence-electron chi connectivity index (χ4n) is 2.03. The van der Waals surface area contributed by atoms with Crippen LogP contribution < -0.4 is 11.1 Å². The smallest absolute Gasteiger partial charge is 0.193 e. The molecule has 1 saturated carbocycles. The third-order valence-corrected chi connectivity index (χ3v) is 4.68. The number of hydrogen-bond donors (Lipinski definition) is 2. The highest BCUT2D eigenvalue weighted by Crippen LogP contribution is 2.47. The number of anilines is 1. The van der Waals surface area contributed by atoms with Crippen LogP contribution in [-0.4, -0.2) is 23.5 Å². The molecule has 0 heterocycles. The molecule has 2 rings (SSSR count). The lowest BCUT2D eigenvalue weighted by Crippen LogP contribution is -2.24. The van der Waals surface area contributed by atoms with Crippen LogP contribution in [0.15, 0.2) is 23.2 Å². The number of aliphatic imine (C=N–C) groups is 1. The first-order valence-electron chi connectivity index (χ1n) is 6.23. The van der Waals surface area contributed by atoms with Crippen molar-refractivity contribution >= 4 is 47.4 Å². The Bertz CT molecular complexity index is 450. The summed E-state index contributed by atoms with van der Waals surface area (Å²) in [5, 5.41) is 3.17. The normalized spacial score (nSPS) is 16.7. The number of rotatable bonds is 4. The highest BCUT2D eigenvalue weighted by molar-refractivity contribution is 14.0. The minimum atomic E-state index is 0. The van der Waals surface area contributed by atoms with E-state index >= 15 is 0 Å². The second-order valence-electron chi connectivity index (χ2n) is 5.09. The molecule has 0 saturated heterocycles. The SMILES string of the molecule is CSC1(CN=C(N)Nc2cc(C)cc(C)c2)CC1.I. The number of nitrogens with one attached hydrogen (secondary N) is 1. The quantitative estimate of drug-likeness (QED) is 0.469. The van der Waals surface area contributed by atoms with Gasteiger partial charge in [0.15, 0.2) is 5.96 Å². The number of thioether (sulfide) groups is 1. The molecule has 1 fully saturated rings. The Morgan fingerprint density at radius 3 is 2.37 bits per heavy atom. The van der Waals surface area contributed by atoms with E-state index in [1.807, 2.05) is 11.8 Å². The molecule has 0 amide bonds. The third kappa shape index (κ3) is 4.87. The average Bonchev–Trinajstić information content (AvgIpc) is 3.05. The zero-order chi connectivity index (χ0) is 13.2. The predicted octanol–water partition coefficient (Wildman–Crippen LogP) is 3.54. The van der Waals surface area contributed by atoms with Gasteiger partial charge in [-0.1, -0.05) is 6.07 Å². The molecular weight excluding hydrogens is 369 g/mol. The van der Waals surface area contributed by atoms with Gasteiger partial charge in [0.05, 0.1) is 6.54 Å². The van der Waals surface area contributed by atoms with Crippen LogP contribution in [-0.2, 0) is 0 Å². The molecule has 5 heteroatoms. The minimum absolute atomic E-state index is 0. The van der Waals surface area contributed by atoms with Crippen molar-refractivity contribution in [3.63, 3.8) is 0 Å². The van der Waals surface area contributed by atoms with Crippen LogP contribution in [0.4, 0.5) is 5.69 Å². The molecule has 3 nitrogen and oxygen atoms in total. The van der Waals surface area contributed by atoms with Crippen LogP contribution in [0.25, 0.3) is 0 Å². The van der Waals surface area contributed by atoms with Gasteiger partial charge in [0.25, 0.3) is 0 Å². The molecule has 0 aliphatic heterocycles. The number of aryl methyl sites for hydroxylation is 2. The molecule has 0 aromatic heterocycles. The topological polar surface area (TPSA) is 50.4 Å². The van der Waals surface area contributed by atoms with E-state index in [0.29, 0.717) is 10.7 Å². The van der Waals surface area contributed by atoms with E-state index in [0.717, 1.165) is 12.2 Å². The first kappa shape index (κ1) is 16.6. The van der Waals surface area contributed by atoms with Crippen molar-refractivity contribution in [3.05, 3.63) is 29.3 Å². The summed E-state index contributed by atoms with van der Waals surface area (Å²) in [7, 11) is 0. The van der Waals surface area contributed by atoms with Crippen LogP contribution in [0, 0.1) is 13.8 Å². The van der Waals surface area contributed by atoms with Crippen molar-refractivity contribution in [2.45, 2.75) is 31.4 Å². The molecule has 1 aliphatic rings. The van der Waals surface area contributed by atoms with E-state index in [4.69, 9.17) is 5.73 Å². The van der Waals surface area contributed by atoms with Gasteiger partial charge in [0, 0.05) is 10.4 Å². The van der Waals surface area contributed by atoms with Crippen LogP contribution in [0.5, 0.6) is 0 Å². The number of guanidine groups is 1. The summed E-state index contributed by atoms with van der Waals surface area (Å²) < 4.78 is 0.370. The maximum Gasteiger partial charge on any atom is 0.193 e. The molecule has 106 valence electrons. The largest absolute Gasteiger partial charge is 0.370 e. The summed E-state index contributed by atoms with van der Waals surface area (Å²) in [6, 6.07) is 6.30. The molecule has 0 spiro atoms. The van der Waals surface area contributed by atoms with E-state index in [1.54, 1.807) is 0 Å². The molecule has 0 radical (unpaired) electrons. The fraction of sp³-hybridized carbons (Fsp3) is 0.500. The van der Waals surface area contributed by atoms with Crippen molar-refractivity contribution < 1.29 is 0 Å². The van der Waals surface area contributed by atoms with E-state index in [1.165, 1.54) is 24.0 Å². The lowest BCUT2D eigenvalue weighted by Gasteiger charge is -2.11. The molecule has 0 bridgehead atoms. The maximum absolute atomic E-state index is 5.93. The van der Waals surface area contributed by atoms with Gasteiger partial charge < -0.3 is 11.1 Å². The van der Waals surface area contributed by atoms with Crippen molar-refractivity contribution in [1.82, 2.24) is 0 Å². The Labute approximate surface area is 136 Å². The summed E-state index contributed by atoms with van der Waals surface area (Å²) in [5.41, 5.74) is 9.40. The standard InChI is InChI=1S/C14H21N3S.HI/c1-10-6-11(2)8-12(7-10)17-13(15)16-9-14(18-3)4-5-14;/h6-8H,4-5,9H2,1-3H3,(H3,15,16,17);1H. The number of halogens is 1. The van der Waals surface area contributed by atoms with Gasteiger partial charge in [-0.15, -0.1) is 24.0 Å². The molecule has 1 aliphatic carbocycles. The number of hydrogen-bond acceptors (Lipinski definition) is 2. The fourth-order valence-corrected chi connectivity index (χ4v) is 2.73. The molecule has 3 N–H and O–H groups in total. The monoisotopic (exact) mass is 391 g/mol. The lowest BCUT2D eigenvalue weighted by molar-refractivity contribution is 0.901. The van der Waals surface area contributed by atoms with E-state index < -0.39 is 0 Å². The zero-order valence-electron chi connectivity index (χ0n) is 11.7. The van der Waals surface area contributed by atoms with E-state index in [-0.39, 0.29) is 24.0 Å². The molecule has 0 unspecified atom stereocenters. The van der Waals surface area contributed by atoms with E-state index in [2.05, 4.69) is 48.6 Å². The van der Waals surface area contributed by atoms with Gasteiger partial charge in [0.1, 0.15) is 0 Å². The third-order valence-electron chi connectivity index (χ3n) is 3.27. The Hall–Kier alpha value is -0.430. The number of benzene rings is 1. The van der Waals surface area contributed by atoms with Crippen LogP contribution >= 0.6 is 35.7 Å². The van der Waals surface area contributed by atoms with E-state index in [9.17, 15) is 0 Å². The van der Waals surface area contributed by atoms with Gasteiger partial charge in [0.2, 0.25) is 0 Å². The maximum atomic E-state index is 5.93. The summed E-state index contributed by atoms with van der Waals surface area (Å²) in [6.07, 6.45) is 4.67. The summed E-state index contributed by atoms with van der Waals surface area (Å²) in [4.78, 5) is 4.45. The summed E-state index contributed by atoms with van der Waals surface area (Å²) >= 11 is 1.90. The second-order valence-corrected chi connectivity index (χ2v) is 6.36. The van der Waals surface area contributed by atoms with Crippen molar-refractivity contribution in [1.29, 1.82) is 0 Å². The predicted molar refractivity (Wildman–Crippen MR) is 96.9 cm³/mol. The zero-order valence-corrected chi connectivity index (χ0v) is 14.8. The van der Waals surface area contributed by atoms with Gasteiger partial charge >= 0.3 is 0 Å². The Kier molecular flexibility index (Phi) is 5.98. The second kappa shape index (κ2) is 6.83. The molecule has 0 atom stereocenters. The van der Waals surface area contributed by atoms with Crippen LogP contribution in [0.1, 0.15) is 24.0 Å². The van der Waals surface area contributed by atoms with Crippen molar-refractivity contribution in [2.24, 2.45) is 10.7 Å². The molecule has 19 heavy (non-hydrogen) atoms. The summed E-state index contributed by atoms with van der Waals surface area (Å²) in [5.74, 6) is 0.514. The Morgan fingerprint density at radius 1 is 1.32 bits per heavy atom. The van der Waals surface area contributed by atoms with Gasteiger partial charge in [-0.2, -0.15) is 11.8 Å². The first-order valence-corrected chi connectivity index (χ1v) is 7.46. The van der Waals surface area contributed by atoms with Crippen LogP contribution in [0.3, 0.4) is 0 Å². The molecule has 1 aromatic carbocycles. The average molecular weight is 391 g/mol. The van der Waals surface area contributed by atoms with Crippen molar-refractivity contribution in [2.75, 3.05) is 18.1 Å². The highest BCUT2D eigenvalue weighted by atomic mass is 127. The molecule has 1 aromatic rings. The lowest BCUT2D eigenvalue weighted by atomic mass is 10.1.